The minimum absolute atomic E-state index is 0.122. The Bertz CT molecular complexity index is 2380. The first-order valence-corrected chi connectivity index (χ1v) is 23.3. The summed E-state index contributed by atoms with van der Waals surface area (Å²) in [4.78, 5) is 65.1. The van der Waals surface area contributed by atoms with Crippen molar-refractivity contribution in [3.05, 3.63) is 142 Å². The van der Waals surface area contributed by atoms with E-state index in [2.05, 4.69) is 45.0 Å². The van der Waals surface area contributed by atoms with Crippen molar-refractivity contribution in [2.75, 3.05) is 17.7 Å². The van der Waals surface area contributed by atoms with Gasteiger partial charge in [0.25, 0.3) is 0 Å². The molecule has 0 aliphatic rings. The highest BCUT2D eigenvalue weighted by atomic mass is 35.5. The Morgan fingerprint density at radius 1 is 0.717 bits per heavy atom. The van der Waals surface area contributed by atoms with Gasteiger partial charge in [0.05, 0.1) is 63.5 Å². The van der Waals surface area contributed by atoms with Gasteiger partial charge in [0.2, 0.25) is 0 Å². The van der Waals surface area contributed by atoms with Crippen LogP contribution in [-0.2, 0) is 56.8 Å². The van der Waals surface area contributed by atoms with Gasteiger partial charge >= 0.3 is 23.6 Å². The third kappa shape index (κ3) is 13.4. The number of carbonyl (C=O) groups is 4. The van der Waals surface area contributed by atoms with Gasteiger partial charge in [-0.15, -0.1) is 0 Å². The molecule has 0 aliphatic heterocycles. The summed E-state index contributed by atoms with van der Waals surface area (Å²) in [5.41, 5.74) is 15.0. The summed E-state index contributed by atoms with van der Waals surface area (Å²) in [6.45, 7) is 8.43. The molecule has 0 atom stereocenters. The second-order valence-electron chi connectivity index (χ2n) is 14.9. The largest absolute Gasteiger partial charge is 0.383 e. The number of primary amides is 1. The van der Waals surface area contributed by atoms with Crippen LogP contribution in [0, 0.1) is 0 Å². The number of benzene rings is 2. The van der Waals surface area contributed by atoms with Crippen molar-refractivity contribution in [3.8, 4) is 0 Å². The van der Waals surface area contributed by atoms with Crippen molar-refractivity contribution >= 4 is 77.3 Å². The first kappa shape index (κ1) is 44.9. The number of amides is 4. The molecule has 4 aromatic heterocycles. The number of ether oxygens (including phenoxy) is 1. The van der Waals surface area contributed by atoms with Gasteiger partial charge < -0.3 is 31.3 Å². The van der Waals surface area contributed by atoms with E-state index in [1.54, 1.807) is 35.1 Å². The quantitative estimate of drug-likeness (QED) is 0.0634. The average Bonchev–Trinajstić information content (AvgIpc) is 3.67. The lowest BCUT2D eigenvalue weighted by Crippen LogP contribution is -2.39. The maximum atomic E-state index is 13.4. The number of carbonyl (C=O) groups excluding carboxylic acids is 4. The molecule has 5 N–H and O–H groups in total. The van der Waals surface area contributed by atoms with Crippen LogP contribution >= 0.6 is 23.2 Å². The highest BCUT2D eigenvalue weighted by Gasteiger charge is 2.25. The number of halogens is 2. The van der Waals surface area contributed by atoms with E-state index in [-0.39, 0.29) is 38.7 Å². The van der Waals surface area contributed by atoms with Crippen molar-refractivity contribution < 1.29 is 23.9 Å². The van der Waals surface area contributed by atoms with Crippen LogP contribution in [0.2, 0.25) is 35.7 Å². The fraction of sp³-hybridized carbons (Fsp3) is 0.238. The van der Waals surface area contributed by atoms with Crippen molar-refractivity contribution in [1.82, 2.24) is 34.5 Å². The summed E-state index contributed by atoms with van der Waals surface area (Å²) in [6.07, 6.45) is 5.99. The molecule has 4 amide bonds. The van der Waals surface area contributed by atoms with E-state index in [0.717, 1.165) is 17.2 Å². The smallest absolute Gasteiger partial charge is 0.314 e. The minimum atomic E-state index is -1.25. The van der Waals surface area contributed by atoms with Gasteiger partial charge in [-0.05, 0) is 41.4 Å². The molecule has 0 spiro atoms. The Kier molecular flexibility index (Phi) is 15.8. The van der Waals surface area contributed by atoms with E-state index >= 15 is 0 Å². The molecular weight excluding hydrogens is 824 g/mol. The molecule has 60 heavy (non-hydrogen) atoms. The number of hydrogen-bond acceptors (Lipinski definition) is 10. The molecule has 312 valence electrons. The maximum Gasteiger partial charge on any atom is 0.314 e. The molecule has 6 rings (SSSR count). The molecular formula is C42H46Cl2N10O5Si. The van der Waals surface area contributed by atoms with Crippen molar-refractivity contribution in [3.63, 3.8) is 0 Å². The van der Waals surface area contributed by atoms with Crippen LogP contribution in [0.15, 0.2) is 110 Å². The predicted octanol–water partition coefficient (Wildman–Crippen LogP) is 6.29. The van der Waals surface area contributed by atoms with Gasteiger partial charge in [-0.3, -0.25) is 29.1 Å². The summed E-state index contributed by atoms with van der Waals surface area (Å²) in [6, 6.07) is 26.6. The summed E-state index contributed by atoms with van der Waals surface area (Å²) >= 11 is 11.7. The highest BCUT2D eigenvalue weighted by Crippen LogP contribution is 2.27. The van der Waals surface area contributed by atoms with Crippen molar-refractivity contribution in [2.45, 2.75) is 58.6 Å². The zero-order valence-electron chi connectivity index (χ0n) is 33.4. The van der Waals surface area contributed by atoms with Crippen LogP contribution in [-0.4, -0.2) is 72.8 Å². The van der Waals surface area contributed by atoms with Gasteiger partial charge in [0, 0.05) is 40.2 Å². The monoisotopic (exact) mass is 868 g/mol. The fourth-order valence-electron chi connectivity index (χ4n) is 5.71. The molecule has 6 aromatic rings. The Morgan fingerprint density at radius 3 is 1.73 bits per heavy atom. The molecule has 0 fully saturated rings. The lowest BCUT2D eigenvalue weighted by atomic mass is 10.2. The van der Waals surface area contributed by atoms with E-state index in [0.29, 0.717) is 44.6 Å². The first-order chi connectivity index (χ1) is 28.7. The second kappa shape index (κ2) is 21.2. The molecule has 0 saturated heterocycles. The van der Waals surface area contributed by atoms with Crippen LogP contribution < -0.4 is 16.8 Å². The molecule has 18 heteroatoms. The van der Waals surface area contributed by atoms with E-state index in [1.165, 1.54) is 28.4 Å². The fourth-order valence-corrected chi connectivity index (χ4v) is 6.69. The summed E-state index contributed by atoms with van der Waals surface area (Å²) in [5.74, 6) is -3.00. The number of nitrogens with zero attached hydrogens (tertiary/aromatic N) is 7. The van der Waals surface area contributed by atoms with Gasteiger partial charge in [0.15, 0.2) is 0 Å². The standard InChI is InChI=1S/C27H32ClN7O3Si.C15H14ClN3O2/c1-39(2,3)12-11-38-18-35-24-22(14-32-35)25(29)31-15-23(24)33-26(36)27(37)34(16-19-7-5-4-6-8-19)17-21-10-9-20(28)13-30-21;16-12-6-7-13(18-8-12)10-19(15(21)14(17)20)9-11-4-2-1-3-5-11/h4-10,13-15H,11-12,16-18H2,1-3H3,(H2,29,31)(H,33,36);1-8H,9-10H2,(H2,17,20). The van der Waals surface area contributed by atoms with Gasteiger partial charge in [-0.25, -0.2) is 9.67 Å². The topological polar surface area (TPSA) is 205 Å². The molecule has 2 aromatic carbocycles. The number of anilines is 2. The summed E-state index contributed by atoms with van der Waals surface area (Å²) < 4.78 is 7.47. The van der Waals surface area contributed by atoms with E-state index in [1.807, 2.05) is 60.7 Å². The second-order valence-corrected chi connectivity index (χ2v) is 21.4. The normalized spacial score (nSPS) is 11.0. The van der Waals surface area contributed by atoms with Crippen molar-refractivity contribution in [2.24, 2.45) is 5.73 Å². The predicted molar refractivity (Wildman–Crippen MR) is 234 cm³/mol. The van der Waals surface area contributed by atoms with Gasteiger partial charge in [0.1, 0.15) is 12.5 Å². The SMILES string of the molecule is C[Si](C)(C)CCOCn1ncc2c(N)ncc(NC(=O)C(=O)N(Cc3ccccc3)Cc3ccc(Cl)cn3)c21.NC(=O)C(=O)N(Cc1ccccc1)Cc1ccc(Cl)cn1. The van der Waals surface area contributed by atoms with Crippen LogP contribution in [0.4, 0.5) is 11.5 Å². The zero-order valence-corrected chi connectivity index (χ0v) is 35.9. The number of aromatic nitrogens is 5. The zero-order chi connectivity index (χ0) is 43.2. The van der Waals surface area contributed by atoms with Crippen LogP contribution in [0.5, 0.6) is 0 Å². The molecule has 0 aliphatic carbocycles. The van der Waals surface area contributed by atoms with Gasteiger partial charge in [-0.2, -0.15) is 5.10 Å². The molecule has 4 heterocycles. The Hall–Kier alpha value is -6.20. The first-order valence-electron chi connectivity index (χ1n) is 18.8. The highest BCUT2D eigenvalue weighted by molar-refractivity contribution is 6.76. The summed E-state index contributed by atoms with van der Waals surface area (Å²) in [5, 5.41) is 8.64. The molecule has 15 nitrogen and oxygen atoms in total. The number of nitrogens with one attached hydrogen (secondary N) is 1. The average molecular weight is 870 g/mol. The number of pyridine rings is 3. The van der Waals surface area contributed by atoms with E-state index in [9.17, 15) is 19.2 Å². The lowest BCUT2D eigenvalue weighted by molar-refractivity contribution is -0.145. The Balaban J connectivity index is 0.000000274. The minimum Gasteiger partial charge on any atom is -0.383 e. The van der Waals surface area contributed by atoms with Crippen LogP contribution in [0.25, 0.3) is 10.9 Å². The molecule has 0 radical (unpaired) electrons. The van der Waals surface area contributed by atoms with E-state index in [4.69, 9.17) is 39.4 Å². The summed E-state index contributed by atoms with van der Waals surface area (Å²) in [7, 11) is -1.25. The Labute approximate surface area is 358 Å². The number of fused-ring (bicyclic) bond motifs is 1. The van der Waals surface area contributed by atoms with Crippen LogP contribution in [0.1, 0.15) is 22.5 Å². The molecule has 0 saturated carbocycles. The van der Waals surface area contributed by atoms with Crippen LogP contribution in [0.3, 0.4) is 0 Å². The lowest BCUT2D eigenvalue weighted by Gasteiger charge is -2.22. The van der Waals surface area contributed by atoms with E-state index < -0.39 is 31.7 Å². The number of hydrogen-bond donors (Lipinski definition) is 3. The molecule has 0 unspecified atom stereocenters. The number of nitrogen functional groups attached to an aromatic ring is 1. The van der Waals surface area contributed by atoms with Crippen molar-refractivity contribution in [1.29, 1.82) is 0 Å². The third-order valence-electron chi connectivity index (χ3n) is 8.86. The maximum absolute atomic E-state index is 13.4. The number of nitrogens with two attached hydrogens (primary N) is 2. The number of rotatable bonds is 14. The molecule has 0 bridgehead atoms. The van der Waals surface area contributed by atoms with Gasteiger partial charge in [-0.1, -0.05) is 104 Å². The third-order valence-corrected chi connectivity index (χ3v) is 11.0. The Morgan fingerprint density at radius 2 is 1.25 bits per heavy atom.